The molecule has 13 heavy (non-hydrogen) atoms. The molecule has 0 aromatic carbocycles. The van der Waals surface area contributed by atoms with Crippen LogP contribution < -0.4 is 0 Å². The van der Waals surface area contributed by atoms with E-state index in [0.717, 1.165) is 19.1 Å². The van der Waals surface area contributed by atoms with Gasteiger partial charge in [0.25, 0.3) is 0 Å². The average molecular weight is 223 g/mol. The summed E-state index contributed by atoms with van der Waals surface area (Å²) < 4.78 is 5.51. The highest BCUT2D eigenvalue weighted by atomic mass is 35.5. The molecule has 1 rings (SSSR count). The van der Waals surface area contributed by atoms with E-state index in [4.69, 9.17) is 16.3 Å². The van der Waals surface area contributed by atoms with Crippen molar-refractivity contribution >= 4 is 23.4 Å². The van der Waals surface area contributed by atoms with Crippen molar-refractivity contribution in [3.05, 3.63) is 0 Å². The molecule has 3 heteroatoms. The molecule has 1 nitrogen and oxygen atoms in total. The average Bonchev–Trinajstić information content (AvgIpc) is 2.20. The van der Waals surface area contributed by atoms with Crippen LogP contribution in [0.5, 0.6) is 0 Å². The molecule has 0 saturated carbocycles. The topological polar surface area (TPSA) is 9.23 Å². The Labute approximate surface area is 90.6 Å². The van der Waals surface area contributed by atoms with Gasteiger partial charge in [-0.05, 0) is 30.8 Å². The highest BCUT2D eigenvalue weighted by Gasteiger charge is 2.31. The molecule has 0 spiro atoms. The number of alkyl halides is 1. The second-order valence-electron chi connectivity index (χ2n) is 3.74. The van der Waals surface area contributed by atoms with Crippen molar-refractivity contribution in [1.82, 2.24) is 0 Å². The summed E-state index contributed by atoms with van der Waals surface area (Å²) in [6.07, 6.45) is 3.65. The SMILES string of the molecule is CCSCCC1(CCl)CCCOC1. The first kappa shape index (κ1) is 11.7. The van der Waals surface area contributed by atoms with Crippen molar-refractivity contribution in [3.8, 4) is 0 Å². The second kappa shape index (κ2) is 6.15. The van der Waals surface area contributed by atoms with Crippen molar-refractivity contribution in [2.24, 2.45) is 5.41 Å². The highest BCUT2D eigenvalue weighted by molar-refractivity contribution is 7.99. The molecule has 0 amide bonds. The smallest absolute Gasteiger partial charge is 0.0534 e. The summed E-state index contributed by atoms with van der Waals surface area (Å²) in [6, 6.07) is 0. The summed E-state index contributed by atoms with van der Waals surface area (Å²) in [5.74, 6) is 3.20. The van der Waals surface area contributed by atoms with Gasteiger partial charge >= 0.3 is 0 Å². The minimum atomic E-state index is 0.294. The lowest BCUT2D eigenvalue weighted by atomic mass is 9.82. The van der Waals surface area contributed by atoms with Crippen LogP contribution in [-0.4, -0.2) is 30.6 Å². The lowest BCUT2D eigenvalue weighted by Crippen LogP contribution is -2.34. The predicted molar refractivity (Wildman–Crippen MR) is 60.8 cm³/mol. The molecule has 0 N–H and O–H groups in total. The van der Waals surface area contributed by atoms with Crippen LogP contribution in [0.15, 0.2) is 0 Å². The number of ether oxygens (including phenoxy) is 1. The van der Waals surface area contributed by atoms with Gasteiger partial charge in [-0.1, -0.05) is 6.92 Å². The van der Waals surface area contributed by atoms with Crippen LogP contribution in [0.1, 0.15) is 26.2 Å². The van der Waals surface area contributed by atoms with E-state index in [2.05, 4.69) is 6.92 Å². The summed E-state index contributed by atoms with van der Waals surface area (Å²) in [4.78, 5) is 0. The first-order valence-electron chi connectivity index (χ1n) is 5.04. The largest absolute Gasteiger partial charge is 0.381 e. The Morgan fingerprint density at radius 2 is 2.38 bits per heavy atom. The molecule has 1 aliphatic rings. The number of halogens is 1. The Hall–Kier alpha value is 0.600. The van der Waals surface area contributed by atoms with E-state index in [1.165, 1.54) is 30.8 Å². The van der Waals surface area contributed by atoms with Gasteiger partial charge in [0.1, 0.15) is 0 Å². The van der Waals surface area contributed by atoms with E-state index in [0.29, 0.717) is 5.41 Å². The van der Waals surface area contributed by atoms with E-state index in [1.807, 2.05) is 11.8 Å². The van der Waals surface area contributed by atoms with Crippen molar-refractivity contribution in [2.45, 2.75) is 26.2 Å². The van der Waals surface area contributed by atoms with Gasteiger partial charge in [0, 0.05) is 17.9 Å². The summed E-state index contributed by atoms with van der Waals surface area (Å²) >= 11 is 8.03. The zero-order chi connectivity index (χ0) is 9.57. The molecule has 1 unspecified atom stereocenters. The third-order valence-electron chi connectivity index (χ3n) is 2.67. The third-order valence-corrected chi connectivity index (χ3v) is 4.14. The van der Waals surface area contributed by atoms with Gasteiger partial charge < -0.3 is 4.74 Å². The molecule has 1 aliphatic heterocycles. The van der Waals surface area contributed by atoms with E-state index < -0.39 is 0 Å². The van der Waals surface area contributed by atoms with Crippen molar-refractivity contribution < 1.29 is 4.74 Å². The van der Waals surface area contributed by atoms with Crippen molar-refractivity contribution in [2.75, 3.05) is 30.6 Å². The van der Waals surface area contributed by atoms with E-state index >= 15 is 0 Å². The van der Waals surface area contributed by atoms with E-state index in [9.17, 15) is 0 Å². The van der Waals surface area contributed by atoms with Crippen LogP contribution in [-0.2, 0) is 4.74 Å². The van der Waals surface area contributed by atoms with E-state index in [1.54, 1.807) is 0 Å². The molecular formula is C10H19ClOS. The maximum atomic E-state index is 6.03. The zero-order valence-electron chi connectivity index (χ0n) is 8.35. The molecule has 0 aromatic heterocycles. The molecule has 0 aromatic rings. The number of hydrogen-bond donors (Lipinski definition) is 0. The van der Waals surface area contributed by atoms with Crippen LogP contribution >= 0.6 is 23.4 Å². The van der Waals surface area contributed by atoms with Gasteiger partial charge in [-0.3, -0.25) is 0 Å². The van der Waals surface area contributed by atoms with Gasteiger partial charge in [0.15, 0.2) is 0 Å². The minimum Gasteiger partial charge on any atom is -0.381 e. The molecule has 1 heterocycles. The Morgan fingerprint density at radius 1 is 1.54 bits per heavy atom. The first-order chi connectivity index (χ1) is 6.33. The van der Waals surface area contributed by atoms with Crippen LogP contribution in [0, 0.1) is 5.41 Å². The molecule has 0 bridgehead atoms. The fourth-order valence-electron chi connectivity index (χ4n) is 1.71. The molecule has 78 valence electrons. The highest BCUT2D eigenvalue weighted by Crippen LogP contribution is 2.34. The molecule has 0 radical (unpaired) electrons. The lowest BCUT2D eigenvalue weighted by Gasteiger charge is -2.35. The van der Waals surface area contributed by atoms with Gasteiger partial charge in [0.2, 0.25) is 0 Å². The van der Waals surface area contributed by atoms with Gasteiger partial charge in [-0.2, -0.15) is 11.8 Å². The fraction of sp³-hybridized carbons (Fsp3) is 1.00. The maximum Gasteiger partial charge on any atom is 0.0534 e. The molecule has 0 aliphatic carbocycles. The summed E-state index contributed by atoms with van der Waals surface area (Å²) in [7, 11) is 0. The normalized spacial score (nSPS) is 29.1. The first-order valence-corrected chi connectivity index (χ1v) is 6.73. The summed E-state index contributed by atoms with van der Waals surface area (Å²) in [5, 5.41) is 0. The summed E-state index contributed by atoms with van der Waals surface area (Å²) in [6.45, 7) is 4.01. The fourth-order valence-corrected chi connectivity index (χ4v) is 2.92. The molecule has 1 fully saturated rings. The maximum absolute atomic E-state index is 6.03. The number of rotatable bonds is 5. The monoisotopic (exact) mass is 222 g/mol. The van der Waals surface area contributed by atoms with Gasteiger partial charge in [-0.25, -0.2) is 0 Å². The second-order valence-corrected chi connectivity index (χ2v) is 5.40. The van der Waals surface area contributed by atoms with Gasteiger partial charge in [-0.15, -0.1) is 11.6 Å². The van der Waals surface area contributed by atoms with Crippen LogP contribution in [0.25, 0.3) is 0 Å². The molecule has 1 atom stereocenters. The van der Waals surface area contributed by atoms with E-state index in [-0.39, 0.29) is 0 Å². The Balaban J connectivity index is 2.29. The Morgan fingerprint density at radius 3 is 2.92 bits per heavy atom. The molecular weight excluding hydrogens is 204 g/mol. The zero-order valence-corrected chi connectivity index (χ0v) is 9.92. The van der Waals surface area contributed by atoms with Crippen LogP contribution in [0.3, 0.4) is 0 Å². The minimum absolute atomic E-state index is 0.294. The predicted octanol–water partition coefficient (Wildman–Crippen LogP) is 3.17. The quantitative estimate of drug-likeness (QED) is 0.522. The van der Waals surface area contributed by atoms with Gasteiger partial charge in [0.05, 0.1) is 6.61 Å². The standard InChI is InChI=1S/C10H19ClOS/c1-2-13-7-5-10(8-11)4-3-6-12-9-10/h2-9H2,1H3. The Kier molecular flexibility index (Phi) is 5.52. The number of thioether (sulfide) groups is 1. The van der Waals surface area contributed by atoms with Crippen LogP contribution in [0.2, 0.25) is 0 Å². The van der Waals surface area contributed by atoms with Crippen molar-refractivity contribution in [1.29, 1.82) is 0 Å². The summed E-state index contributed by atoms with van der Waals surface area (Å²) in [5.41, 5.74) is 0.294. The van der Waals surface area contributed by atoms with Crippen molar-refractivity contribution in [3.63, 3.8) is 0 Å². The molecule has 1 saturated heterocycles. The number of hydrogen-bond acceptors (Lipinski definition) is 2. The third kappa shape index (κ3) is 3.69. The lowest BCUT2D eigenvalue weighted by molar-refractivity contribution is 0.00326. The van der Waals surface area contributed by atoms with Crippen LogP contribution in [0.4, 0.5) is 0 Å². The Bertz CT molecular complexity index is 135.